The Bertz CT molecular complexity index is 995. The normalized spacial score (nSPS) is 18.0. The number of hydrogen-bond acceptors (Lipinski definition) is 4. The zero-order chi connectivity index (χ0) is 27.9. The van der Waals surface area contributed by atoms with E-state index in [0.29, 0.717) is 12.0 Å². The topological polar surface area (TPSA) is 87.7 Å². The highest BCUT2D eigenvalue weighted by Crippen LogP contribution is 2.35. The summed E-state index contributed by atoms with van der Waals surface area (Å²) in [5.41, 5.74) is 0.744. The van der Waals surface area contributed by atoms with E-state index in [1.807, 2.05) is 38.1 Å². The molecule has 0 aliphatic heterocycles. The van der Waals surface area contributed by atoms with E-state index in [-0.39, 0.29) is 29.8 Å². The number of benzene rings is 1. The van der Waals surface area contributed by atoms with Crippen LogP contribution < -0.4 is 10.6 Å². The van der Waals surface area contributed by atoms with Crippen molar-refractivity contribution in [2.45, 2.75) is 122 Å². The fourth-order valence-corrected chi connectivity index (χ4v) is 5.23. The van der Waals surface area contributed by atoms with Gasteiger partial charge in [0.05, 0.1) is 0 Å². The summed E-state index contributed by atoms with van der Waals surface area (Å²) in [6.45, 7) is 9.39. The molecule has 2 atom stereocenters. The predicted molar refractivity (Wildman–Crippen MR) is 149 cm³/mol. The summed E-state index contributed by atoms with van der Waals surface area (Å²) < 4.78 is 5.48. The maximum absolute atomic E-state index is 14.3. The lowest BCUT2D eigenvalue weighted by Crippen LogP contribution is -2.58. The van der Waals surface area contributed by atoms with Crippen LogP contribution in [-0.4, -0.2) is 46.5 Å². The van der Waals surface area contributed by atoms with Crippen LogP contribution in [0.4, 0.5) is 4.79 Å². The Labute approximate surface area is 228 Å². The summed E-state index contributed by atoms with van der Waals surface area (Å²) in [6, 6.07) is 5.72. The monoisotopic (exact) mass is 523 g/mol. The van der Waals surface area contributed by atoms with Gasteiger partial charge >= 0.3 is 6.09 Å². The van der Waals surface area contributed by atoms with Gasteiger partial charge in [0.1, 0.15) is 17.7 Å². The van der Waals surface area contributed by atoms with E-state index >= 15 is 0 Å². The van der Waals surface area contributed by atoms with E-state index in [9.17, 15) is 14.4 Å². The van der Waals surface area contributed by atoms with Crippen molar-refractivity contribution in [1.82, 2.24) is 15.5 Å². The number of nitrogens with zero attached hydrogens (tertiary/aromatic N) is 1. The highest BCUT2D eigenvalue weighted by molar-refractivity contribution is 5.92. The molecular formula is C31H45N3O4. The largest absolute Gasteiger partial charge is 0.444 e. The van der Waals surface area contributed by atoms with E-state index in [2.05, 4.69) is 16.6 Å². The summed E-state index contributed by atoms with van der Waals surface area (Å²) in [5.74, 6) is 2.34. The van der Waals surface area contributed by atoms with Gasteiger partial charge in [-0.2, -0.15) is 0 Å². The molecule has 2 N–H and O–H groups in total. The summed E-state index contributed by atoms with van der Waals surface area (Å²) in [6.07, 6.45) is 13.3. The first-order chi connectivity index (χ1) is 18.0. The van der Waals surface area contributed by atoms with E-state index in [1.165, 1.54) is 6.42 Å². The predicted octanol–water partition coefficient (Wildman–Crippen LogP) is 5.48. The number of alkyl carbamates (subject to hydrolysis) is 1. The van der Waals surface area contributed by atoms with Gasteiger partial charge in [0.2, 0.25) is 11.8 Å². The van der Waals surface area contributed by atoms with Crippen LogP contribution in [0.25, 0.3) is 0 Å². The molecule has 0 saturated heterocycles. The second kappa shape index (κ2) is 13.2. The highest BCUT2D eigenvalue weighted by Gasteiger charge is 2.42. The Hall–Kier alpha value is -3.01. The Kier molecular flexibility index (Phi) is 10.2. The number of carbonyl (C=O) groups is 3. The maximum atomic E-state index is 14.3. The first-order valence-electron chi connectivity index (χ1n) is 14.2. The molecule has 208 valence electrons. The molecule has 2 unspecified atom stereocenters. The lowest BCUT2D eigenvalue weighted by molar-refractivity contribution is -0.148. The average molecular weight is 524 g/mol. The third-order valence-corrected chi connectivity index (χ3v) is 7.29. The molecule has 1 aromatic carbocycles. The maximum Gasteiger partial charge on any atom is 0.408 e. The van der Waals surface area contributed by atoms with E-state index in [1.54, 1.807) is 25.7 Å². The van der Waals surface area contributed by atoms with Crippen molar-refractivity contribution in [2.75, 3.05) is 0 Å². The van der Waals surface area contributed by atoms with Crippen molar-refractivity contribution in [3.8, 4) is 12.3 Å². The van der Waals surface area contributed by atoms with Crippen LogP contribution in [0.5, 0.6) is 0 Å². The molecule has 38 heavy (non-hydrogen) atoms. The van der Waals surface area contributed by atoms with Crippen LogP contribution in [0.2, 0.25) is 0 Å². The van der Waals surface area contributed by atoms with Crippen molar-refractivity contribution in [3.63, 3.8) is 0 Å². The number of carbonyl (C=O) groups excluding carboxylic acids is 3. The number of terminal acetylenes is 1. The Balaban J connectivity index is 1.97. The molecule has 0 heterocycles. The van der Waals surface area contributed by atoms with Crippen LogP contribution in [0.1, 0.15) is 110 Å². The minimum atomic E-state index is -0.809. The molecule has 2 saturated carbocycles. The minimum absolute atomic E-state index is 0.0768. The smallest absolute Gasteiger partial charge is 0.408 e. The van der Waals surface area contributed by atoms with E-state index < -0.39 is 23.8 Å². The van der Waals surface area contributed by atoms with Crippen molar-refractivity contribution in [1.29, 1.82) is 0 Å². The summed E-state index contributed by atoms with van der Waals surface area (Å²) in [5, 5.41) is 6.07. The molecule has 0 spiro atoms. The summed E-state index contributed by atoms with van der Waals surface area (Å²) in [7, 11) is 0. The molecule has 2 aliphatic carbocycles. The Morgan fingerprint density at radius 3 is 2.16 bits per heavy atom. The van der Waals surface area contributed by atoms with Crippen LogP contribution in [0.3, 0.4) is 0 Å². The highest BCUT2D eigenvalue weighted by atomic mass is 16.6. The fourth-order valence-electron chi connectivity index (χ4n) is 5.23. The first-order valence-corrected chi connectivity index (χ1v) is 14.2. The number of ether oxygens (including phenoxy) is 1. The molecule has 7 heteroatoms. The summed E-state index contributed by atoms with van der Waals surface area (Å²) >= 11 is 0. The SMILES string of the molecule is C#Cc1ccc(C(C(=O)NC2CCCCC2)N(C(=O)C(CC(C)C)NC(=O)OC(C)(C)C)C2CCC2)cc1. The van der Waals surface area contributed by atoms with Crippen LogP contribution in [0, 0.1) is 18.3 Å². The minimum Gasteiger partial charge on any atom is -0.444 e. The molecule has 0 bridgehead atoms. The van der Waals surface area contributed by atoms with Crippen molar-refractivity contribution >= 4 is 17.9 Å². The van der Waals surface area contributed by atoms with Crippen molar-refractivity contribution in [2.24, 2.45) is 5.92 Å². The molecule has 1 aromatic rings. The van der Waals surface area contributed by atoms with E-state index in [0.717, 1.165) is 50.5 Å². The van der Waals surface area contributed by atoms with Gasteiger partial charge in [0.25, 0.3) is 0 Å². The van der Waals surface area contributed by atoms with Gasteiger partial charge in [0.15, 0.2) is 0 Å². The molecule has 7 nitrogen and oxygen atoms in total. The zero-order valence-electron chi connectivity index (χ0n) is 23.7. The van der Waals surface area contributed by atoms with Gasteiger partial charge in [-0.1, -0.05) is 51.2 Å². The standard InChI is InChI=1S/C31H45N3O4/c1-7-22-16-18-23(19-17-22)27(28(35)32-24-12-9-8-10-13-24)34(25-14-11-15-25)29(36)26(20-21(2)3)33-30(37)38-31(4,5)6/h1,16-19,21,24-27H,8-15,20H2,2-6H3,(H,32,35)(H,33,37). The van der Waals surface area contributed by atoms with Gasteiger partial charge < -0.3 is 20.3 Å². The van der Waals surface area contributed by atoms with Gasteiger partial charge in [-0.05, 0) is 82.9 Å². The molecule has 0 radical (unpaired) electrons. The average Bonchev–Trinajstić information content (AvgIpc) is 2.81. The third kappa shape index (κ3) is 8.24. The first kappa shape index (κ1) is 29.5. The van der Waals surface area contributed by atoms with Crippen LogP contribution >= 0.6 is 0 Å². The lowest BCUT2D eigenvalue weighted by atomic mass is 9.87. The number of hydrogen-bond donors (Lipinski definition) is 2. The second-order valence-electron chi connectivity index (χ2n) is 12.2. The number of amides is 3. The second-order valence-corrected chi connectivity index (χ2v) is 12.2. The van der Waals surface area contributed by atoms with Gasteiger partial charge in [-0.15, -0.1) is 6.42 Å². The fraction of sp³-hybridized carbons (Fsp3) is 0.645. The van der Waals surface area contributed by atoms with Gasteiger partial charge in [-0.3, -0.25) is 9.59 Å². The number of nitrogens with one attached hydrogen (secondary N) is 2. The lowest BCUT2D eigenvalue weighted by Gasteiger charge is -2.44. The van der Waals surface area contributed by atoms with Crippen molar-refractivity contribution < 1.29 is 19.1 Å². The summed E-state index contributed by atoms with van der Waals surface area (Å²) in [4.78, 5) is 42.7. The van der Waals surface area contributed by atoms with E-state index in [4.69, 9.17) is 11.2 Å². The third-order valence-electron chi connectivity index (χ3n) is 7.29. The van der Waals surface area contributed by atoms with Gasteiger partial charge in [-0.25, -0.2) is 4.79 Å². The quantitative estimate of drug-likeness (QED) is 0.420. The Morgan fingerprint density at radius 2 is 1.66 bits per heavy atom. The van der Waals surface area contributed by atoms with Gasteiger partial charge in [0, 0.05) is 17.6 Å². The molecule has 3 amide bonds. The number of rotatable bonds is 9. The molecule has 2 aliphatic rings. The molecule has 2 fully saturated rings. The molecule has 0 aromatic heterocycles. The van der Waals surface area contributed by atoms with Crippen LogP contribution in [0.15, 0.2) is 24.3 Å². The molecular weight excluding hydrogens is 478 g/mol. The zero-order valence-corrected chi connectivity index (χ0v) is 23.7. The Morgan fingerprint density at radius 1 is 1.03 bits per heavy atom. The van der Waals surface area contributed by atoms with Crippen LogP contribution in [-0.2, 0) is 14.3 Å². The molecule has 3 rings (SSSR count). The van der Waals surface area contributed by atoms with Crippen molar-refractivity contribution in [3.05, 3.63) is 35.4 Å².